The van der Waals surface area contributed by atoms with Crippen molar-refractivity contribution in [2.24, 2.45) is 5.92 Å². The molecule has 2 rings (SSSR count). The molecule has 2 atom stereocenters. The van der Waals surface area contributed by atoms with Gasteiger partial charge in [-0.15, -0.1) is 0 Å². The Labute approximate surface area is 97.8 Å². The largest absolute Gasteiger partial charge is 0.353 e. The van der Waals surface area contributed by atoms with Crippen LogP contribution in [0.4, 0.5) is 0 Å². The molecule has 2 aliphatic rings. The molecule has 1 saturated carbocycles. The van der Waals surface area contributed by atoms with E-state index in [-0.39, 0.29) is 11.9 Å². The lowest BCUT2D eigenvalue weighted by molar-refractivity contribution is -0.123. The van der Waals surface area contributed by atoms with Gasteiger partial charge in [-0.1, -0.05) is 6.92 Å². The predicted octanol–water partition coefficient (Wildman–Crippen LogP) is 0.195. The predicted molar refractivity (Wildman–Crippen MR) is 64.2 cm³/mol. The summed E-state index contributed by atoms with van der Waals surface area (Å²) in [6.07, 6.45) is 3.76. The van der Waals surface area contributed by atoms with Crippen LogP contribution in [0, 0.1) is 5.92 Å². The van der Waals surface area contributed by atoms with E-state index in [1.807, 2.05) is 0 Å². The van der Waals surface area contributed by atoms with E-state index in [2.05, 4.69) is 29.5 Å². The van der Waals surface area contributed by atoms with Crippen molar-refractivity contribution in [2.75, 3.05) is 26.7 Å². The Hall–Kier alpha value is -0.610. The van der Waals surface area contributed by atoms with Gasteiger partial charge in [-0.25, -0.2) is 0 Å². The summed E-state index contributed by atoms with van der Waals surface area (Å²) in [5, 5.41) is 6.28. The molecule has 2 N–H and O–H groups in total. The fourth-order valence-corrected chi connectivity index (χ4v) is 2.35. The average Bonchev–Trinajstić information content (AvgIpc) is 3.01. The second-order valence-corrected chi connectivity index (χ2v) is 5.20. The highest BCUT2D eigenvalue weighted by Crippen LogP contribution is 2.24. The van der Waals surface area contributed by atoms with Gasteiger partial charge in [0.05, 0.1) is 6.04 Å². The normalized spacial score (nSPS) is 29.7. The molecule has 4 nitrogen and oxygen atoms in total. The van der Waals surface area contributed by atoms with E-state index in [1.54, 1.807) is 0 Å². The maximum Gasteiger partial charge on any atom is 0.237 e. The van der Waals surface area contributed by atoms with Gasteiger partial charge < -0.3 is 15.5 Å². The van der Waals surface area contributed by atoms with Crippen LogP contribution in [0.25, 0.3) is 0 Å². The molecule has 4 heteroatoms. The van der Waals surface area contributed by atoms with Crippen molar-refractivity contribution >= 4 is 5.91 Å². The summed E-state index contributed by atoms with van der Waals surface area (Å²) in [5.41, 5.74) is 0. The molecule has 1 aliphatic heterocycles. The summed E-state index contributed by atoms with van der Waals surface area (Å²) >= 11 is 0. The quantitative estimate of drug-likeness (QED) is 0.702. The third-order valence-corrected chi connectivity index (χ3v) is 3.75. The van der Waals surface area contributed by atoms with Crippen LogP contribution in [0.15, 0.2) is 0 Å². The third-order valence-electron chi connectivity index (χ3n) is 3.75. The summed E-state index contributed by atoms with van der Waals surface area (Å²) in [6, 6.07) is 0.812. The van der Waals surface area contributed by atoms with E-state index < -0.39 is 0 Å². The molecule has 1 aliphatic carbocycles. The number of carbonyl (C=O) groups excluding carboxylic acids is 1. The molecule has 1 saturated heterocycles. The van der Waals surface area contributed by atoms with Crippen LogP contribution in [0.2, 0.25) is 0 Å². The molecule has 0 aromatic rings. The van der Waals surface area contributed by atoms with E-state index in [4.69, 9.17) is 0 Å². The number of carbonyl (C=O) groups is 1. The number of nitrogens with one attached hydrogen (secondary N) is 2. The molecule has 0 radical (unpaired) electrons. The average molecular weight is 225 g/mol. The van der Waals surface area contributed by atoms with Crippen molar-refractivity contribution in [3.63, 3.8) is 0 Å². The first-order valence-electron chi connectivity index (χ1n) is 6.40. The Morgan fingerprint density at radius 1 is 1.44 bits per heavy atom. The number of likely N-dealkylation sites (N-methyl/N-ethyl adjacent to an activating group) is 1. The number of amides is 1. The Morgan fingerprint density at radius 2 is 2.19 bits per heavy atom. The topological polar surface area (TPSA) is 44.4 Å². The molecule has 0 aromatic carbocycles. The standard InChI is InChI=1S/C12H23N3O/c1-9-5-6-13-11(9)12(16)14-7-8-15(2)10-3-4-10/h9-11,13H,3-8H2,1-2H3,(H,14,16). The van der Waals surface area contributed by atoms with E-state index in [9.17, 15) is 4.79 Å². The molecule has 0 aromatic heterocycles. The van der Waals surface area contributed by atoms with Gasteiger partial charge in [-0.2, -0.15) is 0 Å². The zero-order valence-corrected chi connectivity index (χ0v) is 10.3. The minimum atomic E-state index is 0.0335. The maximum absolute atomic E-state index is 11.8. The van der Waals surface area contributed by atoms with Crippen molar-refractivity contribution in [1.82, 2.24) is 15.5 Å². The van der Waals surface area contributed by atoms with Crippen LogP contribution >= 0.6 is 0 Å². The highest BCUT2D eigenvalue weighted by molar-refractivity contribution is 5.82. The highest BCUT2D eigenvalue weighted by atomic mass is 16.2. The number of hydrogen-bond acceptors (Lipinski definition) is 3. The van der Waals surface area contributed by atoms with Gasteiger partial charge >= 0.3 is 0 Å². The van der Waals surface area contributed by atoms with E-state index >= 15 is 0 Å². The van der Waals surface area contributed by atoms with Crippen LogP contribution in [0.3, 0.4) is 0 Å². The lowest BCUT2D eigenvalue weighted by Gasteiger charge is -2.18. The van der Waals surface area contributed by atoms with Crippen LogP contribution in [-0.4, -0.2) is 49.6 Å². The Balaban J connectivity index is 1.63. The van der Waals surface area contributed by atoms with Crippen molar-refractivity contribution in [3.8, 4) is 0 Å². The number of nitrogens with zero attached hydrogens (tertiary/aromatic N) is 1. The zero-order valence-electron chi connectivity index (χ0n) is 10.3. The molecule has 1 heterocycles. The molecular weight excluding hydrogens is 202 g/mol. The lowest BCUT2D eigenvalue weighted by atomic mass is 10.0. The van der Waals surface area contributed by atoms with Crippen molar-refractivity contribution in [1.29, 1.82) is 0 Å². The van der Waals surface area contributed by atoms with Gasteiger partial charge in [0.2, 0.25) is 5.91 Å². The second-order valence-electron chi connectivity index (χ2n) is 5.20. The number of rotatable bonds is 5. The van der Waals surface area contributed by atoms with Crippen molar-refractivity contribution in [3.05, 3.63) is 0 Å². The highest BCUT2D eigenvalue weighted by Gasteiger charge is 2.29. The van der Waals surface area contributed by atoms with E-state index in [0.717, 1.165) is 32.1 Å². The van der Waals surface area contributed by atoms with Gasteiger partial charge in [0, 0.05) is 19.1 Å². The summed E-state index contributed by atoms with van der Waals surface area (Å²) in [4.78, 5) is 14.2. The Bertz CT molecular complexity index is 253. The zero-order chi connectivity index (χ0) is 11.5. The Morgan fingerprint density at radius 3 is 2.75 bits per heavy atom. The summed E-state index contributed by atoms with van der Waals surface area (Å²) in [5.74, 6) is 0.648. The minimum absolute atomic E-state index is 0.0335. The first kappa shape index (κ1) is 11.9. The summed E-state index contributed by atoms with van der Waals surface area (Å²) in [7, 11) is 2.14. The molecular formula is C12H23N3O. The third kappa shape index (κ3) is 2.95. The summed E-state index contributed by atoms with van der Waals surface area (Å²) in [6.45, 7) is 4.86. The fourth-order valence-electron chi connectivity index (χ4n) is 2.35. The summed E-state index contributed by atoms with van der Waals surface area (Å²) < 4.78 is 0. The van der Waals surface area contributed by atoms with Gasteiger partial charge in [-0.3, -0.25) is 4.79 Å². The lowest BCUT2D eigenvalue weighted by Crippen LogP contribution is -2.45. The first-order valence-corrected chi connectivity index (χ1v) is 6.40. The molecule has 16 heavy (non-hydrogen) atoms. The van der Waals surface area contributed by atoms with Gasteiger partial charge in [0.15, 0.2) is 0 Å². The van der Waals surface area contributed by atoms with Crippen LogP contribution in [0.1, 0.15) is 26.2 Å². The smallest absolute Gasteiger partial charge is 0.237 e. The van der Waals surface area contributed by atoms with Crippen molar-refractivity contribution in [2.45, 2.75) is 38.3 Å². The van der Waals surface area contributed by atoms with Crippen LogP contribution < -0.4 is 10.6 Å². The molecule has 1 amide bonds. The van der Waals surface area contributed by atoms with Gasteiger partial charge in [0.25, 0.3) is 0 Å². The van der Waals surface area contributed by atoms with Crippen LogP contribution in [-0.2, 0) is 4.79 Å². The second kappa shape index (κ2) is 5.15. The Kier molecular flexibility index (Phi) is 3.82. The van der Waals surface area contributed by atoms with Gasteiger partial charge in [-0.05, 0) is 38.8 Å². The van der Waals surface area contributed by atoms with Gasteiger partial charge in [0.1, 0.15) is 0 Å². The molecule has 92 valence electrons. The maximum atomic E-state index is 11.8. The molecule has 0 bridgehead atoms. The number of hydrogen-bond donors (Lipinski definition) is 2. The molecule has 2 fully saturated rings. The SMILES string of the molecule is CC1CCNC1C(=O)NCCN(C)C1CC1. The monoisotopic (exact) mass is 225 g/mol. The van der Waals surface area contributed by atoms with Crippen LogP contribution in [0.5, 0.6) is 0 Å². The minimum Gasteiger partial charge on any atom is -0.353 e. The molecule has 0 spiro atoms. The van der Waals surface area contributed by atoms with E-state index in [0.29, 0.717) is 5.92 Å². The molecule has 2 unspecified atom stereocenters. The first-order chi connectivity index (χ1) is 7.68. The van der Waals surface area contributed by atoms with E-state index in [1.165, 1.54) is 12.8 Å². The fraction of sp³-hybridized carbons (Fsp3) is 0.917. The van der Waals surface area contributed by atoms with Crippen molar-refractivity contribution < 1.29 is 4.79 Å².